The highest BCUT2D eigenvalue weighted by molar-refractivity contribution is 6.79. The molecule has 0 saturated heterocycles. The highest BCUT2D eigenvalue weighted by atomic mass is 35.6. The largest absolute Gasteiger partial charge is 0.500 e. The van der Waals surface area contributed by atoms with Crippen molar-refractivity contribution in [1.82, 2.24) is 0 Å². The third kappa shape index (κ3) is 3.40. The van der Waals surface area contributed by atoms with Gasteiger partial charge in [-0.1, -0.05) is 46.4 Å². The first kappa shape index (κ1) is 12.4. The van der Waals surface area contributed by atoms with Crippen LogP contribution in [-0.2, 0) is 9.53 Å². The van der Waals surface area contributed by atoms with Gasteiger partial charge in [-0.3, -0.25) is 4.79 Å². The molecule has 0 aromatic heterocycles. The Balaban J connectivity index is 4.74. The van der Waals surface area contributed by atoms with E-state index < -0.39 is 9.58 Å². The standard InChI is InChI=1S/C6H6Cl4O2/c1-3(12-2)4(7)5(11)6(8,9)10/h1-2H3/b4-3-. The highest BCUT2D eigenvalue weighted by Gasteiger charge is 2.33. The van der Waals surface area contributed by atoms with Crippen molar-refractivity contribution in [1.29, 1.82) is 0 Å². The molecule has 70 valence electrons. The van der Waals surface area contributed by atoms with Crippen molar-refractivity contribution < 1.29 is 9.53 Å². The van der Waals surface area contributed by atoms with Gasteiger partial charge in [0.05, 0.1) is 7.11 Å². The van der Waals surface area contributed by atoms with Crippen LogP contribution in [0.15, 0.2) is 10.8 Å². The molecule has 12 heavy (non-hydrogen) atoms. The number of carbonyl (C=O) groups excluding carboxylic acids is 1. The van der Waals surface area contributed by atoms with Crippen molar-refractivity contribution in [2.45, 2.75) is 10.7 Å². The summed E-state index contributed by atoms with van der Waals surface area (Å²) in [5, 5.41) is -0.211. The molecule has 0 fully saturated rings. The Kier molecular flexibility index (Phi) is 4.70. The molecule has 0 saturated carbocycles. The van der Waals surface area contributed by atoms with Gasteiger partial charge >= 0.3 is 0 Å². The number of rotatable bonds is 2. The Morgan fingerprint density at radius 1 is 1.33 bits per heavy atom. The predicted molar refractivity (Wildman–Crippen MR) is 50.9 cm³/mol. The first-order valence-electron chi connectivity index (χ1n) is 2.82. The number of methoxy groups -OCH3 is 1. The molecule has 0 amide bonds. The van der Waals surface area contributed by atoms with E-state index in [1.54, 1.807) is 0 Å². The molecule has 0 rings (SSSR count). The van der Waals surface area contributed by atoms with Gasteiger partial charge in [0.1, 0.15) is 10.8 Å². The van der Waals surface area contributed by atoms with Gasteiger partial charge in [0.15, 0.2) is 0 Å². The van der Waals surface area contributed by atoms with Crippen molar-refractivity contribution in [2.24, 2.45) is 0 Å². The molecule has 0 aromatic rings. The maximum absolute atomic E-state index is 11.1. The van der Waals surface area contributed by atoms with E-state index in [9.17, 15) is 4.79 Å². The number of carbonyl (C=O) groups is 1. The van der Waals surface area contributed by atoms with Crippen LogP contribution in [0.3, 0.4) is 0 Å². The third-order valence-electron chi connectivity index (χ3n) is 1.07. The molecule has 0 aromatic carbocycles. The predicted octanol–water partition coefficient (Wildman–Crippen LogP) is 3.04. The van der Waals surface area contributed by atoms with Crippen LogP contribution in [0.5, 0.6) is 0 Å². The molecule has 0 aliphatic heterocycles. The van der Waals surface area contributed by atoms with Crippen molar-refractivity contribution >= 4 is 52.2 Å². The zero-order valence-corrected chi connectivity index (χ0v) is 9.35. The summed E-state index contributed by atoms with van der Waals surface area (Å²) in [5.74, 6) is -0.582. The molecule has 6 heteroatoms. The number of hydrogen-bond acceptors (Lipinski definition) is 2. The molecule has 2 nitrogen and oxygen atoms in total. The molecular formula is C6H6Cl4O2. The number of halogens is 4. The van der Waals surface area contributed by atoms with Crippen LogP contribution >= 0.6 is 46.4 Å². The second-order valence-electron chi connectivity index (χ2n) is 1.90. The second-order valence-corrected chi connectivity index (χ2v) is 4.56. The SMILES string of the molecule is CO/C(C)=C(\Cl)C(=O)C(Cl)(Cl)Cl. The number of Topliss-reactive ketones (excluding diaryl/α,β-unsaturated/α-hetero) is 1. The maximum Gasteiger partial charge on any atom is 0.254 e. The molecule has 0 aliphatic rings. The molecule has 0 bridgehead atoms. The zero-order valence-electron chi connectivity index (χ0n) is 6.33. The fourth-order valence-electron chi connectivity index (χ4n) is 0.374. The second kappa shape index (κ2) is 4.56. The van der Waals surface area contributed by atoms with Gasteiger partial charge in [0.2, 0.25) is 5.78 Å². The summed E-state index contributed by atoms with van der Waals surface area (Å²) >= 11 is 21.4. The van der Waals surface area contributed by atoms with Crippen LogP contribution in [0.1, 0.15) is 6.92 Å². The van der Waals surface area contributed by atoms with Crippen molar-refractivity contribution in [3.05, 3.63) is 10.8 Å². The first-order chi connectivity index (χ1) is 5.30. The van der Waals surface area contributed by atoms with E-state index in [4.69, 9.17) is 46.4 Å². The normalized spacial score (nSPS) is 13.8. The zero-order chi connectivity index (χ0) is 9.94. The summed E-state index contributed by atoms with van der Waals surface area (Å²) in [6.07, 6.45) is 0. The lowest BCUT2D eigenvalue weighted by molar-refractivity contribution is -0.114. The summed E-state index contributed by atoms with van der Waals surface area (Å²) in [6.45, 7) is 1.50. The quantitative estimate of drug-likeness (QED) is 0.429. The fraction of sp³-hybridized carbons (Fsp3) is 0.500. The van der Waals surface area contributed by atoms with Crippen molar-refractivity contribution in [2.75, 3.05) is 7.11 Å². The monoisotopic (exact) mass is 250 g/mol. The Hall–Kier alpha value is 0.370. The molecule has 0 aliphatic carbocycles. The minimum atomic E-state index is -2.03. The van der Waals surface area contributed by atoms with E-state index in [2.05, 4.69) is 4.74 Å². The minimum absolute atomic E-state index is 0.211. The summed E-state index contributed by atoms with van der Waals surface area (Å²) in [6, 6.07) is 0. The van der Waals surface area contributed by atoms with E-state index in [-0.39, 0.29) is 10.8 Å². The maximum atomic E-state index is 11.1. The summed E-state index contributed by atoms with van der Waals surface area (Å²) in [4.78, 5) is 11.1. The van der Waals surface area contributed by atoms with E-state index in [1.165, 1.54) is 14.0 Å². The Bertz CT molecular complexity index is 216. The molecular weight excluding hydrogens is 246 g/mol. The Morgan fingerprint density at radius 3 is 2.00 bits per heavy atom. The number of ketones is 1. The van der Waals surface area contributed by atoms with Crippen molar-refractivity contribution in [3.8, 4) is 0 Å². The summed E-state index contributed by atoms with van der Waals surface area (Å²) in [7, 11) is 1.36. The van der Waals surface area contributed by atoms with E-state index in [0.29, 0.717) is 0 Å². The van der Waals surface area contributed by atoms with Gasteiger partial charge in [-0.15, -0.1) is 0 Å². The first-order valence-corrected chi connectivity index (χ1v) is 4.33. The van der Waals surface area contributed by atoms with Crippen LogP contribution in [0.2, 0.25) is 0 Å². The number of allylic oxidation sites excluding steroid dienone is 2. The molecule has 0 atom stereocenters. The number of hydrogen-bond donors (Lipinski definition) is 0. The van der Waals surface area contributed by atoms with Gasteiger partial charge in [-0.2, -0.15) is 0 Å². The van der Waals surface area contributed by atoms with E-state index in [1.807, 2.05) is 0 Å². The smallest absolute Gasteiger partial charge is 0.254 e. The summed E-state index contributed by atoms with van der Waals surface area (Å²) in [5.41, 5.74) is 0. The molecule has 0 spiro atoms. The number of alkyl halides is 3. The van der Waals surface area contributed by atoms with Crippen LogP contribution in [-0.4, -0.2) is 16.7 Å². The Morgan fingerprint density at radius 2 is 1.75 bits per heavy atom. The lowest BCUT2D eigenvalue weighted by Gasteiger charge is -2.09. The van der Waals surface area contributed by atoms with Crippen LogP contribution < -0.4 is 0 Å². The highest BCUT2D eigenvalue weighted by Crippen LogP contribution is 2.32. The number of ether oxygens (including phenoxy) is 1. The Labute approximate surface area is 90.4 Å². The van der Waals surface area contributed by atoms with Crippen LogP contribution in [0.4, 0.5) is 0 Å². The molecule has 0 unspecified atom stereocenters. The van der Waals surface area contributed by atoms with E-state index in [0.717, 1.165) is 0 Å². The third-order valence-corrected chi connectivity index (χ3v) is 2.02. The fourth-order valence-corrected chi connectivity index (χ4v) is 1.02. The molecule has 0 heterocycles. The van der Waals surface area contributed by atoms with Gasteiger partial charge in [0.25, 0.3) is 3.79 Å². The average Bonchev–Trinajstić information content (AvgIpc) is 1.98. The lowest BCUT2D eigenvalue weighted by Crippen LogP contribution is -2.19. The molecule has 0 radical (unpaired) electrons. The van der Waals surface area contributed by atoms with Gasteiger partial charge in [-0.25, -0.2) is 0 Å². The van der Waals surface area contributed by atoms with E-state index >= 15 is 0 Å². The average molecular weight is 252 g/mol. The minimum Gasteiger partial charge on any atom is -0.500 e. The van der Waals surface area contributed by atoms with Gasteiger partial charge < -0.3 is 4.74 Å². The molecule has 0 N–H and O–H groups in total. The van der Waals surface area contributed by atoms with Gasteiger partial charge in [0, 0.05) is 0 Å². The van der Waals surface area contributed by atoms with Crippen LogP contribution in [0.25, 0.3) is 0 Å². The topological polar surface area (TPSA) is 26.3 Å². The van der Waals surface area contributed by atoms with Crippen molar-refractivity contribution in [3.63, 3.8) is 0 Å². The van der Waals surface area contributed by atoms with Crippen LogP contribution in [0, 0.1) is 0 Å². The lowest BCUT2D eigenvalue weighted by atomic mass is 10.3. The van der Waals surface area contributed by atoms with Gasteiger partial charge in [-0.05, 0) is 6.92 Å². The summed E-state index contributed by atoms with van der Waals surface area (Å²) < 4.78 is 2.65.